The fourth-order valence-corrected chi connectivity index (χ4v) is 2.19. The van der Waals surface area contributed by atoms with Gasteiger partial charge in [-0.2, -0.15) is 0 Å². The second-order valence-corrected chi connectivity index (χ2v) is 5.19. The molecule has 0 saturated heterocycles. The van der Waals surface area contributed by atoms with Crippen molar-refractivity contribution in [3.05, 3.63) is 83.6 Å². The predicted octanol–water partition coefficient (Wildman–Crippen LogP) is 2.83. The zero-order valence-electron chi connectivity index (χ0n) is 13.4. The number of carbonyl (C=O) groups excluding carboxylic acids is 2. The Kier molecular flexibility index (Phi) is 6.14. The van der Waals surface area contributed by atoms with Gasteiger partial charge >= 0.3 is 5.97 Å². The van der Waals surface area contributed by atoms with E-state index in [-0.39, 0.29) is 0 Å². The lowest BCUT2D eigenvalue weighted by Crippen LogP contribution is -2.29. The molecule has 2 aromatic carbocycles. The molecule has 0 aromatic heterocycles. The van der Waals surface area contributed by atoms with Gasteiger partial charge in [-0.1, -0.05) is 60.7 Å². The lowest BCUT2D eigenvalue weighted by Gasteiger charge is -2.21. The number of esters is 1. The van der Waals surface area contributed by atoms with E-state index in [0.717, 1.165) is 24.3 Å². The van der Waals surface area contributed by atoms with Crippen molar-refractivity contribution in [1.29, 1.82) is 0 Å². The number of methoxy groups -OCH3 is 1. The molecular weight excluding hydrogens is 306 g/mol. The van der Waals surface area contributed by atoms with Gasteiger partial charge in [-0.25, -0.2) is 4.79 Å². The van der Waals surface area contributed by atoms with Crippen LogP contribution in [0.3, 0.4) is 0 Å². The van der Waals surface area contributed by atoms with Gasteiger partial charge < -0.3 is 14.7 Å². The minimum atomic E-state index is -0.942. The van der Waals surface area contributed by atoms with Crippen LogP contribution in [-0.4, -0.2) is 29.0 Å². The Labute approximate surface area is 140 Å². The van der Waals surface area contributed by atoms with Gasteiger partial charge in [0.15, 0.2) is 0 Å². The standard InChI is InChI=1S/C19H19NO4/c1-24-19(23)17(21)12-18(22)20(13-15-8-4-2-5-9-15)14-16-10-6-3-7-11-16/h2-12,21H,13-14H2,1H3/b17-12-. The highest BCUT2D eigenvalue weighted by Gasteiger charge is 2.16. The number of nitrogens with zero attached hydrogens (tertiary/aromatic N) is 1. The third-order valence-corrected chi connectivity index (χ3v) is 3.40. The topological polar surface area (TPSA) is 66.8 Å². The molecule has 0 radical (unpaired) electrons. The van der Waals surface area contributed by atoms with Gasteiger partial charge in [0.1, 0.15) is 0 Å². The van der Waals surface area contributed by atoms with E-state index in [9.17, 15) is 14.7 Å². The van der Waals surface area contributed by atoms with E-state index in [1.165, 1.54) is 0 Å². The highest BCUT2D eigenvalue weighted by atomic mass is 16.5. The van der Waals surface area contributed by atoms with Crippen LogP contribution >= 0.6 is 0 Å². The molecule has 2 aromatic rings. The first-order valence-electron chi connectivity index (χ1n) is 7.46. The van der Waals surface area contributed by atoms with Crippen molar-refractivity contribution >= 4 is 11.9 Å². The van der Waals surface area contributed by atoms with Crippen molar-refractivity contribution in [3.8, 4) is 0 Å². The SMILES string of the molecule is COC(=O)/C(O)=C/C(=O)N(Cc1ccccc1)Cc1ccccc1. The lowest BCUT2D eigenvalue weighted by atomic mass is 10.1. The molecule has 5 heteroatoms. The van der Waals surface area contributed by atoms with E-state index in [2.05, 4.69) is 4.74 Å². The van der Waals surface area contributed by atoms with Crippen LogP contribution in [0.2, 0.25) is 0 Å². The first-order valence-corrected chi connectivity index (χ1v) is 7.46. The molecule has 5 nitrogen and oxygen atoms in total. The number of aliphatic hydroxyl groups is 1. The molecule has 1 N–H and O–H groups in total. The van der Waals surface area contributed by atoms with Gasteiger partial charge in [-0.05, 0) is 11.1 Å². The van der Waals surface area contributed by atoms with Gasteiger partial charge in [0.2, 0.25) is 5.76 Å². The summed E-state index contributed by atoms with van der Waals surface area (Å²) in [5.74, 6) is -2.12. The van der Waals surface area contributed by atoms with E-state index >= 15 is 0 Å². The summed E-state index contributed by atoms with van der Waals surface area (Å²) in [4.78, 5) is 25.3. The van der Waals surface area contributed by atoms with Crippen molar-refractivity contribution in [2.75, 3.05) is 7.11 Å². The Bertz CT molecular complexity index is 669. The summed E-state index contributed by atoms with van der Waals surface area (Å²) in [5.41, 5.74) is 1.90. The van der Waals surface area contributed by atoms with Crippen LogP contribution in [0.15, 0.2) is 72.5 Å². The van der Waals surface area contributed by atoms with Gasteiger partial charge in [0.05, 0.1) is 13.2 Å². The summed E-state index contributed by atoms with van der Waals surface area (Å²) in [6, 6.07) is 19.0. The number of ether oxygens (including phenoxy) is 1. The minimum absolute atomic E-state index is 0.361. The molecule has 124 valence electrons. The monoisotopic (exact) mass is 325 g/mol. The number of aliphatic hydroxyl groups excluding tert-OH is 1. The van der Waals surface area contributed by atoms with Gasteiger partial charge in [-0.3, -0.25) is 4.79 Å². The molecule has 1 amide bonds. The third kappa shape index (κ3) is 4.98. The molecule has 0 aliphatic heterocycles. The Hall–Kier alpha value is -3.08. The average molecular weight is 325 g/mol. The molecule has 0 fully saturated rings. The van der Waals surface area contributed by atoms with Crippen LogP contribution in [0.25, 0.3) is 0 Å². The number of hydrogen-bond acceptors (Lipinski definition) is 4. The van der Waals surface area contributed by atoms with Crippen molar-refractivity contribution in [3.63, 3.8) is 0 Å². The van der Waals surface area contributed by atoms with Crippen LogP contribution in [0, 0.1) is 0 Å². The van der Waals surface area contributed by atoms with E-state index < -0.39 is 17.6 Å². The Morgan fingerprint density at radius 2 is 1.42 bits per heavy atom. The molecule has 0 aliphatic rings. The quantitative estimate of drug-likeness (QED) is 0.504. The molecule has 0 bridgehead atoms. The van der Waals surface area contributed by atoms with E-state index in [0.29, 0.717) is 13.1 Å². The Balaban J connectivity index is 2.21. The summed E-state index contributed by atoms with van der Waals surface area (Å²) in [6.45, 7) is 0.721. The molecule has 0 atom stereocenters. The number of rotatable bonds is 6. The van der Waals surface area contributed by atoms with Crippen molar-refractivity contribution in [2.45, 2.75) is 13.1 Å². The fourth-order valence-electron chi connectivity index (χ4n) is 2.19. The molecule has 2 rings (SSSR count). The van der Waals surface area contributed by atoms with Crippen LogP contribution in [0.5, 0.6) is 0 Å². The fraction of sp³-hybridized carbons (Fsp3) is 0.158. The summed E-state index contributed by atoms with van der Waals surface area (Å²) in [6.07, 6.45) is 0.887. The maximum absolute atomic E-state index is 12.5. The van der Waals surface area contributed by atoms with E-state index in [1.807, 2.05) is 60.7 Å². The smallest absolute Gasteiger partial charge is 0.373 e. The maximum Gasteiger partial charge on any atom is 0.373 e. The number of carbonyl (C=O) groups is 2. The Morgan fingerprint density at radius 1 is 0.958 bits per heavy atom. The van der Waals surface area contributed by atoms with Crippen LogP contribution < -0.4 is 0 Å². The van der Waals surface area contributed by atoms with Gasteiger partial charge in [-0.15, -0.1) is 0 Å². The molecular formula is C19H19NO4. The van der Waals surface area contributed by atoms with Crippen LogP contribution in [0.1, 0.15) is 11.1 Å². The normalized spacial score (nSPS) is 11.0. The first kappa shape index (κ1) is 17.3. The maximum atomic E-state index is 12.5. The first-order chi connectivity index (χ1) is 11.6. The second-order valence-electron chi connectivity index (χ2n) is 5.19. The molecule has 0 unspecified atom stereocenters. The van der Waals surface area contributed by atoms with Crippen molar-refractivity contribution < 1.29 is 19.4 Å². The predicted molar refractivity (Wildman–Crippen MR) is 89.9 cm³/mol. The highest BCUT2D eigenvalue weighted by molar-refractivity contribution is 5.96. The largest absolute Gasteiger partial charge is 0.502 e. The highest BCUT2D eigenvalue weighted by Crippen LogP contribution is 2.11. The number of hydrogen-bond donors (Lipinski definition) is 1. The zero-order valence-corrected chi connectivity index (χ0v) is 13.4. The van der Waals surface area contributed by atoms with Crippen LogP contribution in [0.4, 0.5) is 0 Å². The zero-order chi connectivity index (χ0) is 17.4. The summed E-state index contributed by atoms with van der Waals surface area (Å²) >= 11 is 0. The molecule has 0 heterocycles. The lowest BCUT2D eigenvalue weighted by molar-refractivity contribution is -0.139. The van der Waals surface area contributed by atoms with Gasteiger partial charge in [0.25, 0.3) is 5.91 Å². The average Bonchev–Trinajstić information content (AvgIpc) is 2.62. The molecule has 0 spiro atoms. The summed E-state index contributed by atoms with van der Waals surface area (Å²) in [5, 5.41) is 9.61. The Morgan fingerprint density at radius 3 is 1.83 bits per heavy atom. The molecule has 24 heavy (non-hydrogen) atoms. The number of benzene rings is 2. The van der Waals surface area contributed by atoms with E-state index in [1.54, 1.807) is 4.90 Å². The molecule has 0 saturated carbocycles. The third-order valence-electron chi connectivity index (χ3n) is 3.40. The summed E-state index contributed by atoms with van der Waals surface area (Å²) in [7, 11) is 1.14. The summed E-state index contributed by atoms with van der Waals surface area (Å²) < 4.78 is 4.40. The van der Waals surface area contributed by atoms with Crippen LogP contribution in [-0.2, 0) is 27.4 Å². The van der Waals surface area contributed by atoms with Crippen molar-refractivity contribution in [1.82, 2.24) is 4.90 Å². The van der Waals surface area contributed by atoms with Gasteiger partial charge in [0, 0.05) is 13.1 Å². The van der Waals surface area contributed by atoms with Crippen molar-refractivity contribution in [2.24, 2.45) is 0 Å². The van der Waals surface area contributed by atoms with E-state index in [4.69, 9.17) is 0 Å². The second kappa shape index (κ2) is 8.53. The molecule has 0 aliphatic carbocycles. The minimum Gasteiger partial charge on any atom is -0.502 e. The number of amides is 1.